The van der Waals surface area contributed by atoms with E-state index in [0.717, 1.165) is 93.5 Å². The number of unbranched alkanes of at least 4 members (excludes halogenated alkanes) is 1. The van der Waals surface area contributed by atoms with Crippen molar-refractivity contribution in [3.05, 3.63) is 94.0 Å². The Kier molecular flexibility index (Phi) is 13.0. The number of fused-ring (bicyclic) bond motifs is 1. The second-order valence-corrected chi connectivity index (χ2v) is 18.5. The number of ether oxygens (including phenoxy) is 2. The molecule has 3 fully saturated rings. The van der Waals surface area contributed by atoms with Gasteiger partial charge in [0.15, 0.2) is 11.5 Å². The highest BCUT2D eigenvalue weighted by Gasteiger charge is 2.43. The van der Waals surface area contributed by atoms with Crippen molar-refractivity contribution in [1.29, 1.82) is 0 Å². The number of aryl methyl sites for hydroxylation is 1. The first-order valence-corrected chi connectivity index (χ1v) is 22.9. The van der Waals surface area contributed by atoms with Crippen LogP contribution in [0.5, 0.6) is 11.5 Å². The topological polar surface area (TPSA) is 143 Å². The minimum absolute atomic E-state index is 0.184. The van der Waals surface area contributed by atoms with Gasteiger partial charge in [-0.15, -0.1) is 0 Å². The summed E-state index contributed by atoms with van der Waals surface area (Å²) < 4.78 is 36.5. The maximum atomic E-state index is 14.1. The zero-order chi connectivity index (χ0) is 41.0. The zero-order valence-electron chi connectivity index (χ0n) is 33.9. The molecule has 0 saturated carbocycles. The molecule has 13 heteroatoms. The summed E-state index contributed by atoms with van der Waals surface area (Å²) >= 11 is 0. The quantitative estimate of drug-likeness (QED) is 0.151. The van der Waals surface area contributed by atoms with Crippen molar-refractivity contribution in [3.8, 4) is 11.5 Å². The first-order chi connectivity index (χ1) is 27.9. The highest BCUT2D eigenvalue weighted by Crippen LogP contribution is 2.38. The lowest BCUT2D eigenvalue weighted by Gasteiger charge is -2.42. The molecule has 0 aliphatic carbocycles. The van der Waals surface area contributed by atoms with E-state index in [-0.39, 0.29) is 17.7 Å². The minimum atomic E-state index is -3.59. The van der Waals surface area contributed by atoms with Gasteiger partial charge in [-0.2, -0.15) is 0 Å². The van der Waals surface area contributed by atoms with Gasteiger partial charge < -0.3 is 19.3 Å². The van der Waals surface area contributed by atoms with Gasteiger partial charge in [0, 0.05) is 18.7 Å². The fourth-order valence-corrected chi connectivity index (χ4v) is 10.3. The second-order valence-electron chi connectivity index (χ2n) is 16.3. The van der Waals surface area contributed by atoms with Crippen molar-refractivity contribution >= 4 is 33.5 Å². The van der Waals surface area contributed by atoms with E-state index in [4.69, 9.17) is 9.47 Å². The predicted octanol–water partition coefficient (Wildman–Crippen LogP) is 5.66. The maximum Gasteiger partial charge on any atom is 0.262 e. The van der Waals surface area contributed by atoms with Crippen LogP contribution >= 0.6 is 0 Å². The molecular formula is C45H56N4O8S. The average molecular weight is 813 g/mol. The molecule has 4 amide bonds. The minimum Gasteiger partial charge on any atom is -0.493 e. The lowest BCUT2D eigenvalue weighted by atomic mass is 9.85. The van der Waals surface area contributed by atoms with Crippen LogP contribution in [0.4, 0.5) is 0 Å². The number of amides is 4. The van der Waals surface area contributed by atoms with E-state index in [9.17, 15) is 27.6 Å². The Morgan fingerprint density at radius 3 is 2.22 bits per heavy atom. The number of hydrogen-bond acceptors (Lipinski definition) is 10. The van der Waals surface area contributed by atoms with Crippen LogP contribution in [0.3, 0.4) is 0 Å². The summed E-state index contributed by atoms with van der Waals surface area (Å²) in [5, 5.41) is 2.47. The monoisotopic (exact) mass is 812 g/mol. The van der Waals surface area contributed by atoms with Crippen LogP contribution in [0.25, 0.3) is 0 Å². The Hall–Kier alpha value is -4.59. The Labute approximate surface area is 342 Å². The molecule has 3 aromatic carbocycles. The maximum absolute atomic E-state index is 14.1. The predicted molar refractivity (Wildman–Crippen MR) is 221 cm³/mol. The number of nitrogens with zero attached hydrogens (tertiary/aromatic N) is 3. The summed E-state index contributed by atoms with van der Waals surface area (Å²) in [6.45, 7) is 7.48. The van der Waals surface area contributed by atoms with Crippen molar-refractivity contribution < 1.29 is 37.1 Å². The molecule has 0 radical (unpaired) electrons. The first-order valence-electron chi connectivity index (χ1n) is 20.8. The molecule has 310 valence electrons. The van der Waals surface area contributed by atoms with Gasteiger partial charge in [-0.3, -0.25) is 29.4 Å². The second kappa shape index (κ2) is 18.1. The highest BCUT2D eigenvalue weighted by molar-refractivity contribution is 7.90. The van der Waals surface area contributed by atoms with E-state index in [1.54, 1.807) is 24.3 Å². The largest absolute Gasteiger partial charge is 0.493 e. The van der Waals surface area contributed by atoms with Gasteiger partial charge in [0.1, 0.15) is 9.84 Å². The third-order valence-electron chi connectivity index (χ3n) is 12.5. The van der Waals surface area contributed by atoms with Gasteiger partial charge in [0.2, 0.25) is 11.8 Å². The molecule has 2 atom stereocenters. The Morgan fingerprint density at radius 2 is 1.55 bits per heavy atom. The number of imide groups is 2. The molecule has 12 nitrogen and oxygen atoms in total. The molecule has 0 bridgehead atoms. The Bertz CT molecular complexity index is 2110. The normalized spacial score (nSPS) is 20.6. The summed E-state index contributed by atoms with van der Waals surface area (Å²) in [5.41, 5.74) is 4.30. The molecule has 58 heavy (non-hydrogen) atoms. The van der Waals surface area contributed by atoms with Gasteiger partial charge in [-0.05, 0) is 137 Å². The van der Waals surface area contributed by atoms with E-state index in [2.05, 4.69) is 39.4 Å². The van der Waals surface area contributed by atoms with E-state index in [1.165, 1.54) is 12.7 Å². The number of rotatable bonds is 15. The smallest absolute Gasteiger partial charge is 0.262 e. The molecule has 1 N–H and O–H groups in total. The number of methoxy groups -OCH3 is 1. The van der Waals surface area contributed by atoms with Gasteiger partial charge in [0.05, 0.1) is 42.6 Å². The molecule has 1 unspecified atom stereocenters. The SMILES string of the molecule is CCOc1cc([C@@H](CS(C)(=O)=O)N2C(=O)c3cccc(CCCCN4CCC(N5CCC(c6ccc(C7CCC(=O)NC7=O)cc6)CC5)CC4)c3C2=O)ccc1OC. The lowest BCUT2D eigenvalue weighted by molar-refractivity contribution is -0.134. The fraction of sp³-hybridized carbons (Fsp3) is 0.511. The van der Waals surface area contributed by atoms with Gasteiger partial charge in [-0.25, -0.2) is 8.42 Å². The summed E-state index contributed by atoms with van der Waals surface area (Å²) in [7, 11) is -2.08. The van der Waals surface area contributed by atoms with E-state index < -0.39 is 33.4 Å². The van der Waals surface area contributed by atoms with Crippen LogP contribution < -0.4 is 14.8 Å². The first kappa shape index (κ1) is 41.6. The summed E-state index contributed by atoms with van der Waals surface area (Å²) in [6, 6.07) is 18.4. The van der Waals surface area contributed by atoms with Crippen LogP contribution in [0, 0.1) is 0 Å². The number of likely N-dealkylation sites (tertiary alicyclic amines) is 2. The molecule has 3 saturated heterocycles. The van der Waals surface area contributed by atoms with Crippen LogP contribution in [0.15, 0.2) is 60.7 Å². The van der Waals surface area contributed by atoms with Crippen molar-refractivity contribution in [2.24, 2.45) is 0 Å². The van der Waals surface area contributed by atoms with Crippen molar-refractivity contribution in [2.45, 2.75) is 88.6 Å². The third kappa shape index (κ3) is 9.32. The molecule has 0 aromatic heterocycles. The molecule has 7 rings (SSSR count). The number of nitrogens with one attached hydrogen (secondary N) is 1. The molecule has 0 spiro atoms. The number of carbonyl (C=O) groups is 4. The highest BCUT2D eigenvalue weighted by atomic mass is 32.2. The molecule has 4 aliphatic heterocycles. The zero-order valence-corrected chi connectivity index (χ0v) is 34.7. The van der Waals surface area contributed by atoms with Crippen LogP contribution in [0.1, 0.15) is 119 Å². The Balaban J connectivity index is 0.886. The Morgan fingerprint density at radius 1 is 0.828 bits per heavy atom. The van der Waals surface area contributed by atoms with Gasteiger partial charge >= 0.3 is 0 Å². The van der Waals surface area contributed by atoms with E-state index in [1.807, 2.05) is 19.1 Å². The molecule has 3 aromatic rings. The van der Waals surface area contributed by atoms with Crippen molar-refractivity contribution in [3.63, 3.8) is 0 Å². The summed E-state index contributed by atoms with van der Waals surface area (Å²) in [4.78, 5) is 58.1. The molecular weight excluding hydrogens is 757 g/mol. The number of carbonyl (C=O) groups excluding carboxylic acids is 4. The van der Waals surface area contributed by atoms with Crippen molar-refractivity contribution in [1.82, 2.24) is 20.0 Å². The summed E-state index contributed by atoms with van der Waals surface area (Å²) in [6.07, 6.45) is 9.11. The molecule has 4 heterocycles. The van der Waals surface area contributed by atoms with Gasteiger partial charge in [-0.1, -0.05) is 42.5 Å². The van der Waals surface area contributed by atoms with E-state index >= 15 is 0 Å². The van der Waals surface area contributed by atoms with Crippen LogP contribution in [-0.2, 0) is 25.8 Å². The molecule has 4 aliphatic rings. The van der Waals surface area contributed by atoms with E-state index in [0.29, 0.717) is 66.0 Å². The van der Waals surface area contributed by atoms with Crippen molar-refractivity contribution in [2.75, 3.05) is 58.4 Å². The number of piperidine rings is 3. The standard InChI is InChI=1S/C45H56N4O8S/c1-4-57-40-28-34(15-17-39(40)56-2)38(29-58(3,54)55)49-44(52)37-10-7-9-33(42(37)45(49)53)8-5-6-23-47-24-21-35(22-25-47)48-26-19-31(20-27-48)30-11-13-32(14-12-30)36-16-18-41(50)46-43(36)51/h7,9-15,17,28,31,35-36,38H,4-6,8,16,18-27,29H2,1-3H3,(H,46,50,51)/t36?,38-/m1/s1. The number of sulfone groups is 1. The fourth-order valence-electron chi connectivity index (χ4n) is 9.41. The third-order valence-corrected chi connectivity index (χ3v) is 13.4. The lowest BCUT2D eigenvalue weighted by Crippen LogP contribution is -2.47. The average Bonchev–Trinajstić information content (AvgIpc) is 3.47. The summed E-state index contributed by atoms with van der Waals surface area (Å²) in [5.74, 6) is -0.576. The van der Waals surface area contributed by atoms with Crippen LogP contribution in [0.2, 0.25) is 0 Å². The number of benzene rings is 3. The van der Waals surface area contributed by atoms with Gasteiger partial charge in [0.25, 0.3) is 11.8 Å². The van der Waals surface area contributed by atoms with Crippen LogP contribution in [-0.4, -0.2) is 111 Å². The number of hydrogen-bond donors (Lipinski definition) is 1.